The van der Waals surface area contributed by atoms with Crippen molar-refractivity contribution >= 4 is 43.2 Å². The van der Waals surface area contributed by atoms with E-state index in [-0.39, 0.29) is 17.1 Å². The van der Waals surface area contributed by atoms with Crippen LogP contribution in [-0.4, -0.2) is 30.7 Å². The molecule has 0 bridgehead atoms. The van der Waals surface area contributed by atoms with Gasteiger partial charge in [0.15, 0.2) is 5.43 Å². The van der Waals surface area contributed by atoms with Crippen molar-refractivity contribution in [2.24, 2.45) is 0 Å². The molecule has 0 saturated carbocycles. The van der Waals surface area contributed by atoms with Crippen LogP contribution in [0, 0.1) is 0 Å². The van der Waals surface area contributed by atoms with Gasteiger partial charge in [-0.05, 0) is 49.1 Å². The Balaban J connectivity index is 2.15. The fourth-order valence-corrected chi connectivity index (χ4v) is 4.39. The average Bonchev–Trinajstić information content (AvgIpc) is 2.64. The molecule has 5 heteroatoms. The van der Waals surface area contributed by atoms with Crippen LogP contribution in [0.3, 0.4) is 0 Å². The zero-order valence-corrected chi connectivity index (χ0v) is 16.7. The summed E-state index contributed by atoms with van der Waals surface area (Å²) in [5.74, 6) is 0.181. The van der Waals surface area contributed by atoms with Gasteiger partial charge in [-0.3, -0.25) is 9.59 Å². The lowest BCUT2D eigenvalue weighted by Gasteiger charge is -2.13. The summed E-state index contributed by atoms with van der Waals surface area (Å²) in [5.41, 5.74) is 1.95. The van der Waals surface area contributed by atoms with Gasteiger partial charge >= 0.3 is 0 Å². The Kier molecular flexibility index (Phi) is 5.71. The largest absolute Gasteiger partial charge is 0.349 e. The maximum Gasteiger partial charge on any atom is 0.222 e. The first-order chi connectivity index (χ1) is 12.9. The van der Waals surface area contributed by atoms with Crippen molar-refractivity contribution in [3.63, 3.8) is 0 Å². The lowest BCUT2D eigenvalue weighted by Crippen LogP contribution is -2.22. The molecule has 0 unspecified atom stereocenters. The quantitative estimate of drug-likeness (QED) is 0.608. The summed E-state index contributed by atoms with van der Waals surface area (Å²) < 4.78 is 1.88. The Labute approximate surface area is 162 Å². The number of rotatable bonds is 6. The smallest absolute Gasteiger partial charge is 0.222 e. The first-order valence-corrected chi connectivity index (χ1v) is 9.85. The number of hydrogen-bond acceptors (Lipinski definition) is 4. The minimum absolute atomic E-state index is 0.0183. The second-order valence-corrected chi connectivity index (χ2v) is 8.13. The summed E-state index contributed by atoms with van der Waals surface area (Å²) in [6.45, 7) is 1.59. The number of hydrogen-bond donors (Lipinski definition) is 0. The Bertz CT molecular complexity index is 1080. The maximum absolute atomic E-state index is 13.1. The highest BCUT2D eigenvalue weighted by Gasteiger charge is 2.14. The Hall–Kier alpha value is -2.53. The maximum atomic E-state index is 13.1. The Morgan fingerprint density at radius 2 is 1.74 bits per heavy atom. The zero-order chi connectivity index (χ0) is 19.6. The van der Waals surface area contributed by atoms with Crippen molar-refractivity contribution in [2.45, 2.75) is 32.6 Å². The van der Waals surface area contributed by atoms with E-state index in [0.29, 0.717) is 36.5 Å². The van der Waals surface area contributed by atoms with Crippen molar-refractivity contribution < 1.29 is 9.59 Å². The molecule has 0 atom stereocenters. The zero-order valence-electron chi connectivity index (χ0n) is 15.9. The van der Waals surface area contributed by atoms with Gasteiger partial charge in [-0.1, -0.05) is 18.2 Å². The number of nitrogens with zero attached hydrogens (tertiary/aromatic N) is 1. The van der Waals surface area contributed by atoms with Crippen LogP contribution >= 0.6 is 11.3 Å². The van der Waals surface area contributed by atoms with Gasteiger partial charge in [-0.25, -0.2) is 0 Å². The molecule has 1 amide bonds. The highest BCUT2D eigenvalue weighted by molar-refractivity contribution is 7.24. The van der Waals surface area contributed by atoms with Crippen molar-refractivity contribution in [1.82, 2.24) is 4.90 Å². The van der Waals surface area contributed by atoms with Crippen LogP contribution in [0.15, 0.2) is 41.2 Å². The van der Waals surface area contributed by atoms with Gasteiger partial charge in [0.05, 0.1) is 0 Å². The fourth-order valence-electron chi connectivity index (χ4n) is 3.20. The summed E-state index contributed by atoms with van der Waals surface area (Å²) in [4.78, 5) is 38.1. The van der Waals surface area contributed by atoms with Gasteiger partial charge in [0, 0.05) is 47.1 Å². The second kappa shape index (κ2) is 8.01. The van der Waals surface area contributed by atoms with E-state index >= 15 is 0 Å². The second-order valence-electron chi connectivity index (χ2n) is 7.05. The van der Waals surface area contributed by atoms with Crippen molar-refractivity contribution in [3.8, 4) is 0 Å². The molecular weight excluding hydrogens is 358 g/mol. The molecule has 0 fully saturated rings. The van der Waals surface area contributed by atoms with Crippen molar-refractivity contribution in [2.75, 3.05) is 14.1 Å². The van der Waals surface area contributed by atoms with Crippen LogP contribution in [0.25, 0.3) is 20.2 Å². The van der Waals surface area contributed by atoms with E-state index < -0.39 is 0 Å². The molecule has 0 aliphatic heterocycles. The predicted molar refractivity (Wildman–Crippen MR) is 112 cm³/mol. The lowest BCUT2D eigenvalue weighted by molar-refractivity contribution is -0.128. The van der Waals surface area contributed by atoms with Crippen LogP contribution in [-0.2, 0) is 22.4 Å². The molecule has 0 aliphatic rings. The van der Waals surface area contributed by atoms with E-state index in [1.807, 2.05) is 36.4 Å². The molecule has 3 rings (SSSR count). The number of amides is 1. The predicted octanol–water partition coefficient (Wildman–Crippen LogP) is 3.96. The number of Topliss-reactive ketones (excluding diaryl/α,β-unsaturated/α-hetero) is 1. The third kappa shape index (κ3) is 4.25. The van der Waals surface area contributed by atoms with Gasteiger partial charge in [-0.2, -0.15) is 0 Å². The lowest BCUT2D eigenvalue weighted by atomic mass is 9.98. The van der Waals surface area contributed by atoms with E-state index in [4.69, 9.17) is 0 Å². The Morgan fingerprint density at radius 3 is 2.44 bits per heavy atom. The molecule has 27 heavy (non-hydrogen) atoms. The third-order valence-corrected chi connectivity index (χ3v) is 5.81. The van der Waals surface area contributed by atoms with Crippen LogP contribution in [0.2, 0.25) is 0 Å². The molecule has 1 heterocycles. The summed E-state index contributed by atoms with van der Waals surface area (Å²) >= 11 is 1.59. The normalized spacial score (nSPS) is 11.1. The third-order valence-electron chi connectivity index (χ3n) is 4.70. The molecular formula is C22H23NO3S. The fraction of sp³-hybridized carbons (Fsp3) is 0.318. The molecule has 0 spiro atoms. The standard InChI is InChI=1S/C22H23NO3S/c1-14(24)8-9-15-12-16(10-11-20(25)23(2)3)21-19(13-15)27-18-7-5-4-6-17(18)22(21)26/h4-7,12-13H,8-11H2,1-3H3. The summed E-state index contributed by atoms with van der Waals surface area (Å²) in [5, 5.41) is 1.42. The highest BCUT2D eigenvalue weighted by atomic mass is 32.1. The van der Waals surface area contributed by atoms with Crippen LogP contribution in [0.1, 0.15) is 30.9 Å². The molecule has 1 aromatic heterocycles. The average molecular weight is 381 g/mol. The number of carbonyl (C=O) groups is 2. The van der Waals surface area contributed by atoms with Gasteiger partial charge in [0.25, 0.3) is 0 Å². The van der Waals surface area contributed by atoms with Gasteiger partial charge in [0.1, 0.15) is 5.78 Å². The van der Waals surface area contributed by atoms with Gasteiger partial charge in [-0.15, -0.1) is 11.3 Å². The molecule has 2 aromatic carbocycles. The van der Waals surface area contributed by atoms with Crippen LogP contribution in [0.4, 0.5) is 0 Å². The molecule has 3 aromatic rings. The van der Waals surface area contributed by atoms with Gasteiger partial charge in [0.2, 0.25) is 5.91 Å². The van der Waals surface area contributed by atoms with E-state index in [1.54, 1.807) is 37.3 Å². The molecule has 4 nitrogen and oxygen atoms in total. The molecule has 0 radical (unpaired) electrons. The van der Waals surface area contributed by atoms with E-state index in [2.05, 4.69) is 0 Å². The monoisotopic (exact) mass is 381 g/mol. The highest BCUT2D eigenvalue weighted by Crippen LogP contribution is 2.29. The number of aryl methyl sites for hydroxylation is 2. The summed E-state index contributed by atoms with van der Waals surface area (Å²) in [7, 11) is 3.47. The Morgan fingerprint density at radius 1 is 1.00 bits per heavy atom. The number of benzene rings is 2. The first-order valence-electron chi connectivity index (χ1n) is 9.03. The van der Waals surface area contributed by atoms with E-state index in [1.165, 1.54) is 0 Å². The topological polar surface area (TPSA) is 54.5 Å². The van der Waals surface area contributed by atoms with Crippen molar-refractivity contribution in [1.29, 1.82) is 0 Å². The summed E-state index contributed by atoms with van der Waals surface area (Å²) in [6, 6.07) is 11.6. The molecule has 0 aliphatic carbocycles. The van der Waals surface area contributed by atoms with Gasteiger partial charge < -0.3 is 9.69 Å². The number of fused-ring (bicyclic) bond motifs is 2. The first kappa shape index (κ1) is 19.2. The van der Waals surface area contributed by atoms with E-state index in [0.717, 1.165) is 20.5 Å². The molecule has 0 N–H and O–H groups in total. The molecule has 140 valence electrons. The van der Waals surface area contributed by atoms with Crippen molar-refractivity contribution in [3.05, 3.63) is 57.7 Å². The van der Waals surface area contributed by atoms with E-state index in [9.17, 15) is 14.4 Å². The number of carbonyl (C=O) groups excluding carboxylic acids is 2. The number of ketones is 1. The van der Waals surface area contributed by atoms with Crippen LogP contribution in [0.5, 0.6) is 0 Å². The minimum Gasteiger partial charge on any atom is -0.349 e. The SMILES string of the molecule is CC(=O)CCc1cc(CCC(=O)N(C)C)c2c(=O)c3ccccc3sc2c1. The summed E-state index contributed by atoms with van der Waals surface area (Å²) in [6.07, 6.45) is 1.99. The molecule has 0 saturated heterocycles. The minimum atomic E-state index is 0.0183. The van der Waals surface area contributed by atoms with Crippen LogP contribution < -0.4 is 5.43 Å².